The van der Waals surface area contributed by atoms with E-state index in [2.05, 4.69) is 49.7 Å². The first kappa shape index (κ1) is 16.1. The highest BCUT2D eigenvalue weighted by Gasteiger charge is 2.23. The van der Waals surface area contributed by atoms with E-state index in [1.807, 2.05) is 6.92 Å². The summed E-state index contributed by atoms with van der Waals surface area (Å²) in [6.07, 6.45) is 2.56. The number of hydrogen-bond donors (Lipinski definition) is 0. The minimum absolute atomic E-state index is 0.401. The van der Waals surface area contributed by atoms with Crippen LogP contribution >= 0.6 is 0 Å². The lowest BCUT2D eigenvalue weighted by molar-refractivity contribution is 0.629. The third-order valence-corrected chi connectivity index (χ3v) is 4.28. The molecule has 1 saturated heterocycles. The Morgan fingerprint density at radius 1 is 1.08 bits per heavy atom. The number of anilines is 2. The van der Waals surface area contributed by atoms with Crippen LogP contribution in [0, 0.1) is 25.2 Å². The topological polar surface area (TPSA) is 81.8 Å². The third-order valence-electron chi connectivity index (χ3n) is 4.28. The maximum atomic E-state index is 8.98. The van der Waals surface area contributed by atoms with Crippen molar-refractivity contribution in [1.82, 2.24) is 19.9 Å². The maximum absolute atomic E-state index is 8.98. The predicted octanol–water partition coefficient (Wildman–Crippen LogP) is 1.64. The van der Waals surface area contributed by atoms with Crippen LogP contribution in [-0.2, 0) is 6.42 Å². The Morgan fingerprint density at radius 3 is 2.46 bits per heavy atom. The molecule has 0 spiro atoms. The van der Waals surface area contributed by atoms with Crippen LogP contribution in [0.2, 0.25) is 0 Å². The lowest BCUT2D eigenvalue weighted by atomic mass is 10.1. The van der Waals surface area contributed by atoms with E-state index in [9.17, 15) is 0 Å². The van der Waals surface area contributed by atoms with Gasteiger partial charge in [-0.05, 0) is 26.3 Å². The van der Waals surface area contributed by atoms with Gasteiger partial charge in [0.1, 0.15) is 23.4 Å². The molecule has 0 bridgehead atoms. The molecule has 0 atom stereocenters. The van der Waals surface area contributed by atoms with E-state index in [0.717, 1.165) is 49.9 Å². The minimum Gasteiger partial charge on any atom is -0.353 e. The summed E-state index contributed by atoms with van der Waals surface area (Å²) in [7, 11) is 0. The molecule has 1 aliphatic heterocycles. The van der Waals surface area contributed by atoms with Crippen molar-refractivity contribution in [3.63, 3.8) is 0 Å². The number of rotatable bonds is 3. The second-order valence-corrected chi connectivity index (χ2v) is 5.84. The fraction of sp³-hybridized carbons (Fsp3) is 0.471. The Kier molecular flexibility index (Phi) is 4.56. The maximum Gasteiger partial charge on any atom is 0.226 e. The van der Waals surface area contributed by atoms with Gasteiger partial charge < -0.3 is 9.80 Å². The molecule has 0 aliphatic carbocycles. The van der Waals surface area contributed by atoms with Crippen molar-refractivity contribution < 1.29 is 0 Å². The molecule has 0 radical (unpaired) electrons. The summed E-state index contributed by atoms with van der Waals surface area (Å²) in [6.45, 7) is 9.44. The summed E-state index contributed by atoms with van der Waals surface area (Å²) >= 11 is 0. The average Bonchev–Trinajstić information content (AvgIpc) is 2.61. The van der Waals surface area contributed by atoms with E-state index < -0.39 is 0 Å². The minimum atomic E-state index is 0.401. The fourth-order valence-corrected chi connectivity index (χ4v) is 3.07. The monoisotopic (exact) mass is 323 g/mol. The molecule has 124 valence electrons. The van der Waals surface area contributed by atoms with Crippen molar-refractivity contribution in [2.24, 2.45) is 0 Å². The largest absolute Gasteiger partial charge is 0.353 e. The normalized spacial score (nSPS) is 14.6. The molecule has 2 aromatic rings. The van der Waals surface area contributed by atoms with Crippen molar-refractivity contribution in [2.45, 2.75) is 27.2 Å². The van der Waals surface area contributed by atoms with Crippen LogP contribution < -0.4 is 9.80 Å². The lowest BCUT2D eigenvalue weighted by Crippen LogP contribution is -2.47. The van der Waals surface area contributed by atoms with E-state index >= 15 is 0 Å². The van der Waals surface area contributed by atoms with Crippen LogP contribution in [0.5, 0.6) is 0 Å². The quantitative estimate of drug-likeness (QED) is 0.849. The van der Waals surface area contributed by atoms with Gasteiger partial charge in [0.2, 0.25) is 5.95 Å². The Balaban J connectivity index is 1.77. The van der Waals surface area contributed by atoms with Gasteiger partial charge in [-0.15, -0.1) is 0 Å². The van der Waals surface area contributed by atoms with E-state index in [1.54, 1.807) is 12.3 Å². The number of nitrogens with zero attached hydrogens (tertiary/aromatic N) is 7. The zero-order valence-corrected chi connectivity index (χ0v) is 14.3. The van der Waals surface area contributed by atoms with Crippen LogP contribution in [0.3, 0.4) is 0 Å². The number of hydrogen-bond acceptors (Lipinski definition) is 7. The lowest BCUT2D eigenvalue weighted by Gasteiger charge is -2.36. The van der Waals surface area contributed by atoms with Crippen LogP contribution in [0.15, 0.2) is 12.3 Å². The van der Waals surface area contributed by atoms with Gasteiger partial charge in [-0.3, -0.25) is 0 Å². The van der Waals surface area contributed by atoms with Crippen LogP contribution in [0.4, 0.5) is 11.8 Å². The van der Waals surface area contributed by atoms with Crippen LogP contribution in [0.1, 0.15) is 29.7 Å². The van der Waals surface area contributed by atoms with Crippen molar-refractivity contribution in [1.29, 1.82) is 5.26 Å². The average molecular weight is 323 g/mol. The van der Waals surface area contributed by atoms with E-state index in [1.165, 1.54) is 5.56 Å². The Labute approximate surface area is 142 Å². The third kappa shape index (κ3) is 3.13. The SMILES string of the molecule is CCc1c(C)nc(C)nc1N1CCN(c2nccc(C#N)n2)CC1. The van der Waals surface area contributed by atoms with Gasteiger partial charge in [0, 0.05) is 43.6 Å². The number of nitriles is 1. The highest BCUT2D eigenvalue weighted by Crippen LogP contribution is 2.23. The van der Waals surface area contributed by atoms with Gasteiger partial charge in [-0.1, -0.05) is 6.92 Å². The molecule has 3 rings (SSSR count). The van der Waals surface area contributed by atoms with Crippen LogP contribution in [-0.4, -0.2) is 46.1 Å². The second kappa shape index (κ2) is 6.79. The molecule has 0 amide bonds. The summed E-state index contributed by atoms with van der Waals surface area (Å²) in [5.74, 6) is 2.49. The molecular weight excluding hydrogens is 302 g/mol. The molecule has 1 fully saturated rings. The summed E-state index contributed by atoms with van der Waals surface area (Å²) in [5, 5.41) is 8.98. The molecule has 7 heteroatoms. The zero-order chi connectivity index (χ0) is 17.1. The molecule has 0 N–H and O–H groups in total. The molecule has 24 heavy (non-hydrogen) atoms. The molecule has 0 aromatic carbocycles. The van der Waals surface area contributed by atoms with Gasteiger partial charge >= 0.3 is 0 Å². The first-order valence-corrected chi connectivity index (χ1v) is 8.19. The van der Waals surface area contributed by atoms with Crippen molar-refractivity contribution in [2.75, 3.05) is 36.0 Å². The molecule has 2 aromatic heterocycles. The second-order valence-electron chi connectivity index (χ2n) is 5.84. The Hall–Kier alpha value is -2.75. The summed E-state index contributed by atoms with van der Waals surface area (Å²) in [4.78, 5) is 22.2. The highest BCUT2D eigenvalue weighted by atomic mass is 15.3. The fourth-order valence-electron chi connectivity index (χ4n) is 3.07. The first-order valence-electron chi connectivity index (χ1n) is 8.19. The molecular formula is C17H21N7. The first-order chi connectivity index (χ1) is 11.6. The van der Waals surface area contributed by atoms with E-state index in [0.29, 0.717) is 11.6 Å². The van der Waals surface area contributed by atoms with E-state index in [-0.39, 0.29) is 0 Å². The van der Waals surface area contributed by atoms with Gasteiger partial charge in [0.25, 0.3) is 0 Å². The van der Waals surface area contributed by atoms with Crippen molar-refractivity contribution in [3.8, 4) is 6.07 Å². The van der Waals surface area contributed by atoms with Gasteiger partial charge in [0.15, 0.2) is 0 Å². The number of aromatic nitrogens is 4. The van der Waals surface area contributed by atoms with E-state index in [4.69, 9.17) is 5.26 Å². The predicted molar refractivity (Wildman–Crippen MR) is 92.1 cm³/mol. The highest BCUT2D eigenvalue weighted by molar-refractivity contribution is 5.51. The van der Waals surface area contributed by atoms with Crippen molar-refractivity contribution >= 4 is 11.8 Å². The number of piperazine rings is 1. The Bertz CT molecular complexity index is 773. The molecule has 3 heterocycles. The summed E-state index contributed by atoms with van der Waals surface area (Å²) in [5.41, 5.74) is 2.68. The summed E-state index contributed by atoms with van der Waals surface area (Å²) in [6, 6.07) is 3.69. The molecule has 1 aliphatic rings. The van der Waals surface area contributed by atoms with Crippen molar-refractivity contribution in [3.05, 3.63) is 35.0 Å². The molecule has 0 saturated carbocycles. The Morgan fingerprint density at radius 2 is 1.79 bits per heavy atom. The molecule has 0 unspecified atom stereocenters. The van der Waals surface area contributed by atoms with Gasteiger partial charge in [-0.25, -0.2) is 19.9 Å². The smallest absolute Gasteiger partial charge is 0.226 e. The standard InChI is InChI=1S/C17H21N7/c1-4-15-12(2)20-13(3)21-16(15)23-7-9-24(10-8-23)17-19-6-5-14(11-18)22-17/h5-6H,4,7-10H2,1-3H3. The zero-order valence-electron chi connectivity index (χ0n) is 14.3. The number of aryl methyl sites for hydroxylation is 2. The van der Waals surface area contributed by atoms with Gasteiger partial charge in [0.05, 0.1) is 0 Å². The van der Waals surface area contributed by atoms with Crippen LogP contribution in [0.25, 0.3) is 0 Å². The summed E-state index contributed by atoms with van der Waals surface area (Å²) < 4.78 is 0. The molecule has 7 nitrogen and oxygen atoms in total. The van der Waals surface area contributed by atoms with Gasteiger partial charge in [-0.2, -0.15) is 5.26 Å².